The molecule has 8 heteroatoms. The van der Waals surface area contributed by atoms with Gasteiger partial charge in [-0.2, -0.15) is 5.10 Å². The van der Waals surface area contributed by atoms with E-state index in [9.17, 15) is 4.79 Å². The SMILES string of the molecule is NC(=O)c1ccn(-c2nc(N)c(Cl)cc2Cl)n1. The number of nitrogens with two attached hydrogens (primary N) is 2. The first-order valence-electron chi connectivity index (χ1n) is 4.46. The minimum atomic E-state index is -0.637. The van der Waals surface area contributed by atoms with Crippen LogP contribution in [-0.2, 0) is 0 Å². The van der Waals surface area contributed by atoms with Gasteiger partial charge in [0.1, 0.15) is 11.5 Å². The molecular formula is C9H7Cl2N5O. The molecular weight excluding hydrogens is 265 g/mol. The highest BCUT2D eigenvalue weighted by Gasteiger charge is 2.12. The molecule has 0 fully saturated rings. The minimum absolute atomic E-state index is 0.108. The Morgan fingerprint density at radius 3 is 2.65 bits per heavy atom. The van der Waals surface area contributed by atoms with Crippen molar-refractivity contribution in [3.05, 3.63) is 34.1 Å². The first-order valence-corrected chi connectivity index (χ1v) is 5.22. The second-order valence-corrected chi connectivity index (χ2v) is 3.99. The lowest BCUT2D eigenvalue weighted by Gasteiger charge is -2.05. The molecule has 2 aromatic heterocycles. The Bertz CT molecular complexity index is 595. The van der Waals surface area contributed by atoms with Crippen LogP contribution >= 0.6 is 23.2 Å². The van der Waals surface area contributed by atoms with E-state index in [1.807, 2.05) is 0 Å². The summed E-state index contributed by atoms with van der Waals surface area (Å²) in [5.74, 6) is -0.231. The number of nitrogens with zero attached hydrogens (tertiary/aromatic N) is 3. The molecule has 0 atom stereocenters. The van der Waals surface area contributed by atoms with Crippen LogP contribution in [0.2, 0.25) is 10.0 Å². The van der Waals surface area contributed by atoms with Gasteiger partial charge in [0, 0.05) is 6.20 Å². The molecule has 0 saturated carbocycles. The van der Waals surface area contributed by atoms with Gasteiger partial charge in [0.2, 0.25) is 0 Å². The van der Waals surface area contributed by atoms with Crippen LogP contribution < -0.4 is 11.5 Å². The van der Waals surface area contributed by atoms with Crippen LogP contribution in [0.1, 0.15) is 10.5 Å². The van der Waals surface area contributed by atoms with Crippen molar-refractivity contribution < 1.29 is 4.79 Å². The van der Waals surface area contributed by atoms with E-state index in [1.165, 1.54) is 23.0 Å². The first kappa shape index (κ1) is 11.7. The van der Waals surface area contributed by atoms with Crippen molar-refractivity contribution in [2.24, 2.45) is 5.73 Å². The Balaban J connectivity index is 2.52. The molecule has 0 spiro atoms. The Labute approximate surface area is 106 Å². The third-order valence-corrected chi connectivity index (χ3v) is 2.58. The molecule has 2 heterocycles. The summed E-state index contributed by atoms with van der Waals surface area (Å²) in [6.45, 7) is 0. The number of pyridine rings is 1. The summed E-state index contributed by atoms with van der Waals surface area (Å²) in [6, 6.07) is 2.90. The van der Waals surface area contributed by atoms with E-state index in [2.05, 4.69) is 10.1 Å². The third kappa shape index (κ3) is 2.17. The lowest BCUT2D eigenvalue weighted by molar-refractivity contribution is 0.0995. The van der Waals surface area contributed by atoms with Crippen molar-refractivity contribution in [1.29, 1.82) is 0 Å². The zero-order valence-corrected chi connectivity index (χ0v) is 9.90. The summed E-state index contributed by atoms with van der Waals surface area (Å²) < 4.78 is 1.30. The number of hydrogen-bond donors (Lipinski definition) is 2. The number of primary amides is 1. The highest BCUT2D eigenvalue weighted by molar-refractivity contribution is 6.36. The van der Waals surface area contributed by atoms with E-state index in [1.54, 1.807) is 0 Å². The van der Waals surface area contributed by atoms with Crippen LogP contribution in [0.4, 0.5) is 5.82 Å². The van der Waals surface area contributed by atoms with Gasteiger partial charge in [0.05, 0.1) is 10.0 Å². The number of anilines is 1. The largest absolute Gasteiger partial charge is 0.382 e. The molecule has 17 heavy (non-hydrogen) atoms. The zero-order chi connectivity index (χ0) is 12.6. The molecule has 88 valence electrons. The summed E-state index contributed by atoms with van der Waals surface area (Å²) in [5.41, 5.74) is 10.8. The number of carbonyl (C=O) groups excluding carboxylic acids is 1. The maximum atomic E-state index is 10.9. The predicted octanol–water partition coefficient (Wildman–Crippen LogP) is 1.26. The molecule has 2 rings (SSSR count). The average molecular weight is 272 g/mol. The first-order chi connectivity index (χ1) is 7.99. The van der Waals surface area contributed by atoms with Crippen LogP contribution in [-0.4, -0.2) is 20.7 Å². The number of nitrogen functional groups attached to an aromatic ring is 1. The van der Waals surface area contributed by atoms with Gasteiger partial charge in [-0.05, 0) is 12.1 Å². The standard InChI is InChI=1S/C9H7Cl2N5O/c10-4-3-5(11)9(14-7(4)12)16-2-1-6(15-16)8(13)17/h1-3H,(H2,12,14)(H2,13,17). The van der Waals surface area contributed by atoms with Gasteiger partial charge in [0.15, 0.2) is 5.82 Å². The normalized spacial score (nSPS) is 10.5. The van der Waals surface area contributed by atoms with Gasteiger partial charge in [-0.1, -0.05) is 23.2 Å². The average Bonchev–Trinajstić information content (AvgIpc) is 2.72. The van der Waals surface area contributed by atoms with E-state index in [-0.39, 0.29) is 27.4 Å². The van der Waals surface area contributed by atoms with Crippen LogP contribution in [0.3, 0.4) is 0 Å². The number of aromatic nitrogens is 3. The van der Waals surface area contributed by atoms with Crippen molar-refractivity contribution in [3.63, 3.8) is 0 Å². The van der Waals surface area contributed by atoms with Crippen LogP contribution in [0.5, 0.6) is 0 Å². The molecule has 0 aliphatic heterocycles. The van der Waals surface area contributed by atoms with Gasteiger partial charge in [-0.3, -0.25) is 4.79 Å². The topological polar surface area (TPSA) is 99.8 Å². The van der Waals surface area contributed by atoms with Gasteiger partial charge < -0.3 is 11.5 Å². The molecule has 4 N–H and O–H groups in total. The Morgan fingerprint density at radius 2 is 2.06 bits per heavy atom. The number of amides is 1. The zero-order valence-electron chi connectivity index (χ0n) is 8.39. The van der Waals surface area contributed by atoms with Crippen molar-refractivity contribution in [2.75, 3.05) is 5.73 Å². The summed E-state index contributed by atoms with van der Waals surface area (Å²) in [7, 11) is 0. The van der Waals surface area contributed by atoms with Crippen LogP contribution in [0.15, 0.2) is 18.3 Å². The molecule has 0 radical (unpaired) electrons. The quantitative estimate of drug-likeness (QED) is 0.859. The van der Waals surface area contributed by atoms with Gasteiger partial charge in [-0.15, -0.1) is 0 Å². The number of hydrogen-bond acceptors (Lipinski definition) is 4. The summed E-state index contributed by atoms with van der Waals surface area (Å²) in [4.78, 5) is 14.9. The Morgan fingerprint density at radius 1 is 1.35 bits per heavy atom. The number of halogens is 2. The van der Waals surface area contributed by atoms with E-state index in [0.717, 1.165) is 0 Å². The second kappa shape index (κ2) is 4.23. The van der Waals surface area contributed by atoms with Crippen molar-refractivity contribution in [2.45, 2.75) is 0 Å². The monoisotopic (exact) mass is 271 g/mol. The van der Waals surface area contributed by atoms with E-state index < -0.39 is 5.91 Å². The molecule has 0 aliphatic carbocycles. The Hall–Kier alpha value is -1.79. The molecule has 0 aromatic carbocycles. The maximum absolute atomic E-state index is 10.9. The lowest BCUT2D eigenvalue weighted by atomic mass is 10.4. The van der Waals surface area contributed by atoms with Crippen LogP contribution in [0, 0.1) is 0 Å². The van der Waals surface area contributed by atoms with Crippen LogP contribution in [0.25, 0.3) is 5.82 Å². The van der Waals surface area contributed by atoms with E-state index >= 15 is 0 Å². The highest BCUT2D eigenvalue weighted by Crippen LogP contribution is 2.26. The van der Waals surface area contributed by atoms with Gasteiger partial charge >= 0.3 is 0 Å². The lowest BCUT2D eigenvalue weighted by Crippen LogP contribution is -2.12. The molecule has 2 aromatic rings. The molecule has 0 aliphatic rings. The minimum Gasteiger partial charge on any atom is -0.382 e. The third-order valence-electron chi connectivity index (χ3n) is 2.00. The maximum Gasteiger partial charge on any atom is 0.269 e. The fourth-order valence-electron chi connectivity index (χ4n) is 1.20. The summed E-state index contributed by atoms with van der Waals surface area (Å²) in [6.07, 6.45) is 1.50. The van der Waals surface area contributed by atoms with Crippen molar-refractivity contribution in [3.8, 4) is 5.82 Å². The smallest absolute Gasteiger partial charge is 0.269 e. The predicted molar refractivity (Wildman–Crippen MR) is 64.3 cm³/mol. The molecule has 0 unspecified atom stereocenters. The van der Waals surface area contributed by atoms with Gasteiger partial charge in [0.25, 0.3) is 5.91 Å². The van der Waals surface area contributed by atoms with Crippen molar-refractivity contribution >= 4 is 34.9 Å². The summed E-state index contributed by atoms with van der Waals surface area (Å²) in [5, 5.41) is 4.43. The second-order valence-electron chi connectivity index (χ2n) is 3.17. The van der Waals surface area contributed by atoms with Gasteiger partial charge in [-0.25, -0.2) is 9.67 Å². The van der Waals surface area contributed by atoms with Crippen molar-refractivity contribution in [1.82, 2.24) is 14.8 Å². The fourth-order valence-corrected chi connectivity index (χ4v) is 1.65. The molecule has 1 amide bonds. The molecule has 0 saturated heterocycles. The summed E-state index contributed by atoms with van der Waals surface area (Å²) >= 11 is 11.7. The highest BCUT2D eigenvalue weighted by atomic mass is 35.5. The number of carbonyl (C=O) groups is 1. The molecule has 0 bridgehead atoms. The van der Waals surface area contributed by atoms with E-state index in [4.69, 9.17) is 34.7 Å². The van der Waals surface area contributed by atoms with E-state index in [0.29, 0.717) is 0 Å². The Kier molecular flexibility index (Phi) is 2.91. The number of rotatable bonds is 2. The molecule has 6 nitrogen and oxygen atoms in total. The fraction of sp³-hybridized carbons (Fsp3) is 0.